The molecule has 2 aromatic rings. The number of rotatable bonds is 7. The van der Waals surface area contributed by atoms with Gasteiger partial charge in [0, 0.05) is 24.6 Å². The highest BCUT2D eigenvalue weighted by molar-refractivity contribution is 5.76. The summed E-state index contributed by atoms with van der Waals surface area (Å²) in [6.07, 6.45) is 7.81. The lowest BCUT2D eigenvalue weighted by Crippen LogP contribution is -2.58. The summed E-state index contributed by atoms with van der Waals surface area (Å²) in [5, 5.41) is 9.06. The molecule has 0 radical (unpaired) electrons. The number of aromatic nitrogens is 3. The summed E-state index contributed by atoms with van der Waals surface area (Å²) in [7, 11) is 0. The molecule has 8 heteroatoms. The molecule has 2 bridgehead atoms. The van der Waals surface area contributed by atoms with Gasteiger partial charge >= 0.3 is 5.56 Å². The molecule has 3 N–H and O–H groups in total. The molecular weight excluding hydrogens is 406 g/mol. The maximum absolute atomic E-state index is 12.7. The van der Waals surface area contributed by atoms with Crippen molar-refractivity contribution in [2.24, 2.45) is 23.2 Å². The van der Waals surface area contributed by atoms with Crippen LogP contribution in [0.5, 0.6) is 0 Å². The molecule has 2 unspecified atom stereocenters. The normalized spacial score (nSPS) is 26.6. The third-order valence-electron chi connectivity index (χ3n) is 7.90. The first-order chi connectivity index (χ1) is 15.2. The van der Waals surface area contributed by atoms with Gasteiger partial charge in [0.2, 0.25) is 5.91 Å². The Labute approximate surface area is 187 Å². The Hall–Kier alpha value is -2.90. The number of aromatic amines is 1. The monoisotopic (exact) mass is 439 g/mol. The predicted molar refractivity (Wildman–Crippen MR) is 123 cm³/mol. The zero-order valence-corrected chi connectivity index (χ0v) is 19.2. The van der Waals surface area contributed by atoms with E-state index in [1.54, 1.807) is 12.4 Å². The first kappa shape index (κ1) is 22.3. The highest BCUT2D eigenvalue weighted by Crippen LogP contribution is 2.61. The molecule has 2 aromatic heterocycles. The maximum Gasteiger partial charge on any atom is 0.315 e. The molecular formula is C24H33N5O3. The van der Waals surface area contributed by atoms with Gasteiger partial charge < -0.3 is 15.7 Å². The third-order valence-corrected chi connectivity index (χ3v) is 7.90. The van der Waals surface area contributed by atoms with Gasteiger partial charge in [-0.15, -0.1) is 0 Å². The average molecular weight is 440 g/mol. The molecule has 5 atom stereocenters. The van der Waals surface area contributed by atoms with E-state index in [0.717, 1.165) is 16.7 Å². The lowest BCUT2D eigenvalue weighted by Gasteiger charge is -2.62. The average Bonchev–Trinajstić information content (AvgIpc) is 2.78. The van der Waals surface area contributed by atoms with Crippen LogP contribution in [-0.4, -0.2) is 26.7 Å². The summed E-state index contributed by atoms with van der Waals surface area (Å²) in [6.45, 7) is 8.61. The Bertz CT molecular complexity index is 1090. The van der Waals surface area contributed by atoms with Crippen LogP contribution in [-0.2, 0) is 11.3 Å². The predicted octanol–water partition coefficient (Wildman–Crippen LogP) is 2.68. The van der Waals surface area contributed by atoms with Crippen LogP contribution in [0.4, 0.5) is 5.69 Å². The van der Waals surface area contributed by atoms with E-state index in [9.17, 15) is 14.4 Å². The Morgan fingerprint density at radius 2 is 2.00 bits per heavy atom. The number of hydrogen-bond donors (Lipinski definition) is 3. The fourth-order valence-electron chi connectivity index (χ4n) is 5.67. The van der Waals surface area contributed by atoms with Gasteiger partial charge in [-0.25, -0.2) is 4.68 Å². The highest BCUT2D eigenvalue weighted by atomic mass is 16.2. The summed E-state index contributed by atoms with van der Waals surface area (Å²) in [5.74, 6) is 1.38. The molecule has 8 nitrogen and oxygen atoms in total. The van der Waals surface area contributed by atoms with Crippen LogP contribution >= 0.6 is 0 Å². The molecule has 0 aromatic carbocycles. The van der Waals surface area contributed by atoms with E-state index in [4.69, 9.17) is 0 Å². The number of amides is 1. The van der Waals surface area contributed by atoms with Crippen molar-refractivity contribution in [3.63, 3.8) is 0 Å². The zero-order valence-electron chi connectivity index (χ0n) is 19.2. The van der Waals surface area contributed by atoms with Gasteiger partial charge in [-0.2, -0.15) is 0 Å². The van der Waals surface area contributed by atoms with E-state index in [0.29, 0.717) is 29.6 Å². The summed E-state index contributed by atoms with van der Waals surface area (Å²) < 4.78 is 1.06. The van der Waals surface area contributed by atoms with Gasteiger partial charge in [0.25, 0.3) is 5.43 Å². The molecule has 172 valence electrons. The maximum atomic E-state index is 12.7. The molecule has 0 aliphatic heterocycles. The molecule has 0 spiro atoms. The van der Waals surface area contributed by atoms with E-state index in [2.05, 4.69) is 41.5 Å². The number of anilines is 1. The number of carbonyl (C=O) groups is 1. The molecule has 3 aliphatic rings. The summed E-state index contributed by atoms with van der Waals surface area (Å²) in [4.78, 5) is 41.9. The Kier molecular flexibility index (Phi) is 5.97. The van der Waals surface area contributed by atoms with Crippen LogP contribution in [0.25, 0.3) is 0 Å². The molecule has 3 aliphatic carbocycles. The topological polar surface area (TPSA) is 109 Å². The molecule has 1 amide bonds. The van der Waals surface area contributed by atoms with Crippen molar-refractivity contribution < 1.29 is 4.79 Å². The van der Waals surface area contributed by atoms with Crippen molar-refractivity contribution in [1.82, 2.24) is 20.1 Å². The van der Waals surface area contributed by atoms with E-state index >= 15 is 0 Å². The Balaban J connectivity index is 1.42. The van der Waals surface area contributed by atoms with Gasteiger partial charge in [0.1, 0.15) is 12.2 Å². The van der Waals surface area contributed by atoms with Crippen LogP contribution in [0.1, 0.15) is 58.6 Å². The number of carbonyl (C=O) groups excluding carboxylic acids is 1. The summed E-state index contributed by atoms with van der Waals surface area (Å²) >= 11 is 0. The molecule has 3 fully saturated rings. The minimum absolute atomic E-state index is 0.178. The molecule has 32 heavy (non-hydrogen) atoms. The van der Waals surface area contributed by atoms with Crippen LogP contribution in [0.15, 0.2) is 40.3 Å². The number of nitrogens with zero attached hydrogens (tertiary/aromatic N) is 2. The first-order valence-corrected chi connectivity index (χ1v) is 11.5. The van der Waals surface area contributed by atoms with Gasteiger partial charge in [-0.3, -0.25) is 19.4 Å². The molecule has 5 rings (SSSR count). The first-order valence-electron chi connectivity index (χ1n) is 11.5. The number of nitrogens with one attached hydrogen (secondary N) is 3. The van der Waals surface area contributed by atoms with Crippen molar-refractivity contribution in [2.75, 3.05) is 5.32 Å². The lowest BCUT2D eigenvalue weighted by atomic mass is 9.45. The fraction of sp³-hybridized carbons (Fsp3) is 0.583. The third kappa shape index (κ3) is 3.98. The summed E-state index contributed by atoms with van der Waals surface area (Å²) in [6, 6.07) is 3.69. The molecule has 3 saturated carbocycles. The lowest BCUT2D eigenvalue weighted by molar-refractivity contribution is -0.122. The van der Waals surface area contributed by atoms with Crippen molar-refractivity contribution >= 4 is 11.6 Å². The van der Waals surface area contributed by atoms with Crippen LogP contribution in [0.2, 0.25) is 0 Å². The van der Waals surface area contributed by atoms with E-state index in [1.807, 2.05) is 19.1 Å². The smallest absolute Gasteiger partial charge is 0.315 e. The van der Waals surface area contributed by atoms with Crippen molar-refractivity contribution in [2.45, 2.75) is 65.6 Å². The van der Waals surface area contributed by atoms with E-state index in [-0.39, 0.29) is 30.2 Å². The number of fused-ring (bicyclic) bond motifs is 2. The SMILES string of the molecule is CCC(NC(=O)Cn1[nH]cc(NC2C[C@@H]3C[C@H]([C@H]2C)C3(C)C)c(=O)c1=O)c1ccncc1. The molecule has 0 saturated heterocycles. The Morgan fingerprint density at radius 1 is 1.28 bits per heavy atom. The van der Waals surface area contributed by atoms with Crippen LogP contribution in [0.3, 0.4) is 0 Å². The molecule has 2 heterocycles. The fourth-order valence-corrected chi connectivity index (χ4v) is 5.67. The minimum atomic E-state index is -0.726. The van der Waals surface area contributed by atoms with E-state index in [1.165, 1.54) is 12.6 Å². The van der Waals surface area contributed by atoms with Gasteiger partial charge in [0.05, 0.1) is 6.04 Å². The highest BCUT2D eigenvalue weighted by Gasteiger charge is 2.56. The minimum Gasteiger partial charge on any atom is -0.377 e. The second-order valence-corrected chi connectivity index (χ2v) is 9.92. The second kappa shape index (κ2) is 8.56. The van der Waals surface area contributed by atoms with Crippen molar-refractivity contribution in [3.8, 4) is 0 Å². The van der Waals surface area contributed by atoms with Crippen LogP contribution in [0, 0.1) is 23.2 Å². The summed E-state index contributed by atoms with van der Waals surface area (Å²) in [5.41, 5.74) is 0.248. The standard InChI is InChI=1S/C24H33N5O3/c1-5-18(15-6-8-25-9-7-15)28-21(30)13-29-23(32)22(31)20(12-26-29)27-19-11-16-10-17(14(19)2)24(16,3)4/h6-9,12,14,16-19,26-27H,5,10-11,13H2,1-4H3,(H,28,30)/t14-,16+,17-,18?,19?/m1/s1. The van der Waals surface area contributed by atoms with Crippen LogP contribution < -0.4 is 21.6 Å². The van der Waals surface area contributed by atoms with Crippen molar-refractivity contribution in [3.05, 3.63) is 56.9 Å². The van der Waals surface area contributed by atoms with E-state index < -0.39 is 11.0 Å². The number of H-pyrrole nitrogens is 1. The number of pyridine rings is 1. The second-order valence-electron chi connectivity index (χ2n) is 9.92. The van der Waals surface area contributed by atoms with Gasteiger partial charge in [-0.1, -0.05) is 27.7 Å². The largest absolute Gasteiger partial charge is 0.377 e. The zero-order chi connectivity index (χ0) is 23.0. The van der Waals surface area contributed by atoms with Gasteiger partial charge in [-0.05, 0) is 60.1 Å². The van der Waals surface area contributed by atoms with Gasteiger partial charge in [0.15, 0.2) is 0 Å². The quantitative estimate of drug-likeness (QED) is 0.575. The number of hydrogen-bond acceptors (Lipinski definition) is 5. The van der Waals surface area contributed by atoms with Crippen molar-refractivity contribution in [1.29, 1.82) is 0 Å². The Morgan fingerprint density at radius 3 is 2.62 bits per heavy atom.